The SMILES string of the molecule is CCc1cc(=O)[nH]c(-c2ccc(F)c(Br)c2)n1. The van der Waals surface area contributed by atoms with Gasteiger partial charge >= 0.3 is 0 Å². The summed E-state index contributed by atoms with van der Waals surface area (Å²) in [6.45, 7) is 1.92. The summed E-state index contributed by atoms with van der Waals surface area (Å²) in [6.07, 6.45) is 0.680. The zero-order chi connectivity index (χ0) is 12.4. The Labute approximate surface area is 106 Å². The lowest BCUT2D eigenvalue weighted by Crippen LogP contribution is -2.09. The van der Waals surface area contributed by atoms with Gasteiger partial charge in [-0.05, 0) is 40.5 Å². The number of H-pyrrole nitrogens is 1. The molecule has 1 aromatic carbocycles. The molecule has 3 nitrogen and oxygen atoms in total. The smallest absolute Gasteiger partial charge is 0.251 e. The highest BCUT2D eigenvalue weighted by Crippen LogP contribution is 2.22. The number of rotatable bonds is 2. The highest BCUT2D eigenvalue weighted by atomic mass is 79.9. The molecule has 0 unspecified atom stereocenters. The van der Waals surface area contributed by atoms with Crippen LogP contribution in [0.3, 0.4) is 0 Å². The molecule has 5 heteroatoms. The van der Waals surface area contributed by atoms with Gasteiger partial charge in [0.2, 0.25) is 0 Å². The zero-order valence-electron chi connectivity index (χ0n) is 9.13. The van der Waals surface area contributed by atoms with E-state index in [1.807, 2.05) is 6.92 Å². The van der Waals surface area contributed by atoms with E-state index >= 15 is 0 Å². The number of aromatic amines is 1. The van der Waals surface area contributed by atoms with Crippen LogP contribution in [0.5, 0.6) is 0 Å². The van der Waals surface area contributed by atoms with Gasteiger partial charge in [-0.1, -0.05) is 6.92 Å². The minimum Gasteiger partial charge on any atom is -0.307 e. The monoisotopic (exact) mass is 296 g/mol. The number of hydrogen-bond acceptors (Lipinski definition) is 2. The van der Waals surface area contributed by atoms with Gasteiger partial charge < -0.3 is 4.98 Å². The first-order chi connectivity index (χ1) is 8.10. The van der Waals surface area contributed by atoms with Crippen molar-refractivity contribution in [3.63, 3.8) is 0 Å². The molecule has 17 heavy (non-hydrogen) atoms. The lowest BCUT2D eigenvalue weighted by molar-refractivity contribution is 0.621. The number of halogens is 2. The van der Waals surface area contributed by atoms with Crippen molar-refractivity contribution < 1.29 is 4.39 Å². The summed E-state index contributed by atoms with van der Waals surface area (Å²) in [6, 6.07) is 5.96. The number of nitrogens with one attached hydrogen (secondary N) is 1. The van der Waals surface area contributed by atoms with Crippen molar-refractivity contribution in [2.75, 3.05) is 0 Å². The van der Waals surface area contributed by atoms with Gasteiger partial charge in [0.05, 0.1) is 4.47 Å². The molecule has 2 rings (SSSR count). The molecular formula is C12H10BrFN2O. The van der Waals surface area contributed by atoms with E-state index in [1.165, 1.54) is 12.1 Å². The molecule has 0 aliphatic carbocycles. The van der Waals surface area contributed by atoms with Crippen LogP contribution >= 0.6 is 15.9 Å². The predicted molar refractivity (Wildman–Crippen MR) is 67.3 cm³/mol. The number of aromatic nitrogens is 2. The van der Waals surface area contributed by atoms with Crippen molar-refractivity contribution in [2.45, 2.75) is 13.3 Å². The summed E-state index contributed by atoms with van der Waals surface area (Å²) < 4.78 is 13.4. The first-order valence-electron chi connectivity index (χ1n) is 5.16. The van der Waals surface area contributed by atoms with Crippen molar-refractivity contribution in [3.05, 3.63) is 50.6 Å². The van der Waals surface area contributed by atoms with Crippen molar-refractivity contribution in [2.24, 2.45) is 0 Å². The molecule has 0 bridgehead atoms. The molecule has 0 radical (unpaired) electrons. The van der Waals surface area contributed by atoms with Gasteiger partial charge in [0, 0.05) is 17.3 Å². The minimum absolute atomic E-state index is 0.202. The molecule has 0 atom stereocenters. The average Bonchev–Trinajstić information content (AvgIpc) is 2.32. The number of hydrogen-bond donors (Lipinski definition) is 1. The average molecular weight is 297 g/mol. The summed E-state index contributed by atoms with van der Waals surface area (Å²) in [4.78, 5) is 18.3. The van der Waals surface area contributed by atoms with Crippen LogP contribution in [0, 0.1) is 5.82 Å². The van der Waals surface area contributed by atoms with Crippen LogP contribution in [0.2, 0.25) is 0 Å². The number of aryl methyl sites for hydroxylation is 1. The third-order valence-electron chi connectivity index (χ3n) is 2.35. The van der Waals surface area contributed by atoms with Crippen LogP contribution in [0.1, 0.15) is 12.6 Å². The zero-order valence-corrected chi connectivity index (χ0v) is 10.7. The van der Waals surface area contributed by atoms with Crippen molar-refractivity contribution >= 4 is 15.9 Å². The Kier molecular flexibility index (Phi) is 3.38. The number of benzene rings is 1. The van der Waals surface area contributed by atoms with Crippen LogP contribution in [0.25, 0.3) is 11.4 Å². The maximum Gasteiger partial charge on any atom is 0.251 e. The Bertz CT molecular complexity index is 610. The van der Waals surface area contributed by atoms with Gasteiger partial charge in [0.1, 0.15) is 11.6 Å². The van der Waals surface area contributed by atoms with Gasteiger partial charge in [-0.15, -0.1) is 0 Å². The van der Waals surface area contributed by atoms with Crippen LogP contribution in [-0.4, -0.2) is 9.97 Å². The van der Waals surface area contributed by atoms with Gasteiger partial charge in [-0.3, -0.25) is 4.79 Å². The molecular weight excluding hydrogens is 287 g/mol. The quantitative estimate of drug-likeness (QED) is 0.926. The Morgan fingerprint density at radius 1 is 1.41 bits per heavy atom. The van der Waals surface area contributed by atoms with Gasteiger partial charge in [-0.2, -0.15) is 0 Å². The summed E-state index contributed by atoms with van der Waals surface area (Å²) in [7, 11) is 0. The van der Waals surface area contributed by atoms with Crippen molar-refractivity contribution in [1.82, 2.24) is 9.97 Å². The second-order valence-electron chi connectivity index (χ2n) is 3.57. The Balaban J connectivity index is 2.55. The maximum absolute atomic E-state index is 13.1. The highest BCUT2D eigenvalue weighted by molar-refractivity contribution is 9.10. The largest absolute Gasteiger partial charge is 0.307 e. The number of nitrogens with zero attached hydrogens (tertiary/aromatic N) is 1. The highest BCUT2D eigenvalue weighted by Gasteiger charge is 2.06. The second-order valence-corrected chi connectivity index (χ2v) is 4.42. The summed E-state index contributed by atoms with van der Waals surface area (Å²) in [5.74, 6) is 0.109. The van der Waals surface area contributed by atoms with Gasteiger partial charge in [0.25, 0.3) is 5.56 Å². The predicted octanol–water partition coefficient (Wildman–Crippen LogP) is 2.90. The molecule has 1 N–H and O–H groups in total. The lowest BCUT2D eigenvalue weighted by Gasteiger charge is -2.04. The van der Waals surface area contributed by atoms with E-state index in [0.717, 1.165) is 0 Å². The summed E-state index contributed by atoms with van der Waals surface area (Å²) in [5, 5.41) is 0. The molecule has 88 valence electrons. The van der Waals surface area contributed by atoms with E-state index in [0.29, 0.717) is 28.0 Å². The van der Waals surface area contributed by atoms with Crippen LogP contribution in [-0.2, 0) is 6.42 Å². The van der Waals surface area contributed by atoms with E-state index in [4.69, 9.17) is 0 Å². The van der Waals surface area contributed by atoms with Crippen LogP contribution in [0.15, 0.2) is 33.5 Å². The first-order valence-corrected chi connectivity index (χ1v) is 5.95. The fourth-order valence-corrected chi connectivity index (χ4v) is 1.85. The second kappa shape index (κ2) is 4.79. The van der Waals surface area contributed by atoms with E-state index < -0.39 is 0 Å². The fraction of sp³-hybridized carbons (Fsp3) is 0.167. The molecule has 0 amide bonds. The maximum atomic E-state index is 13.1. The molecule has 2 aromatic rings. The third-order valence-corrected chi connectivity index (χ3v) is 2.96. The normalized spacial score (nSPS) is 10.5. The molecule has 1 heterocycles. The van der Waals surface area contributed by atoms with Crippen molar-refractivity contribution in [3.8, 4) is 11.4 Å². The Morgan fingerprint density at radius 2 is 2.18 bits per heavy atom. The van der Waals surface area contributed by atoms with Crippen LogP contribution in [0.4, 0.5) is 4.39 Å². The van der Waals surface area contributed by atoms with Crippen LogP contribution < -0.4 is 5.56 Å². The van der Waals surface area contributed by atoms with Gasteiger partial charge in [0.15, 0.2) is 0 Å². The molecule has 0 saturated carbocycles. The molecule has 0 spiro atoms. The lowest BCUT2D eigenvalue weighted by atomic mass is 10.2. The summed E-state index contributed by atoms with van der Waals surface area (Å²) in [5.41, 5.74) is 1.18. The third kappa shape index (κ3) is 2.61. The minimum atomic E-state index is -0.345. The summed E-state index contributed by atoms with van der Waals surface area (Å²) >= 11 is 3.10. The van der Waals surface area contributed by atoms with E-state index in [1.54, 1.807) is 12.1 Å². The Hall–Kier alpha value is -1.49. The molecule has 0 aliphatic heterocycles. The van der Waals surface area contributed by atoms with Gasteiger partial charge in [-0.25, -0.2) is 9.37 Å². The topological polar surface area (TPSA) is 45.8 Å². The Morgan fingerprint density at radius 3 is 2.82 bits per heavy atom. The molecule has 1 aromatic heterocycles. The van der Waals surface area contributed by atoms with E-state index in [-0.39, 0.29) is 11.4 Å². The molecule has 0 saturated heterocycles. The fourth-order valence-electron chi connectivity index (χ4n) is 1.47. The first kappa shape index (κ1) is 12.0. The molecule has 0 fully saturated rings. The van der Waals surface area contributed by atoms with E-state index in [2.05, 4.69) is 25.9 Å². The molecule has 0 aliphatic rings. The standard InChI is InChI=1S/C12H10BrFN2O/c1-2-8-6-11(17)16-12(15-8)7-3-4-10(14)9(13)5-7/h3-6H,2H2,1H3,(H,15,16,17). The van der Waals surface area contributed by atoms with Crippen molar-refractivity contribution in [1.29, 1.82) is 0 Å². The van der Waals surface area contributed by atoms with E-state index in [9.17, 15) is 9.18 Å².